The monoisotopic (exact) mass is 598 g/mol. The van der Waals surface area contributed by atoms with E-state index in [4.69, 9.17) is 9.47 Å². The molecule has 1 N–H and O–H groups in total. The minimum absolute atomic E-state index is 0.0636. The van der Waals surface area contributed by atoms with E-state index >= 15 is 0 Å². The molecule has 0 bridgehead atoms. The standard InChI is InChI=1S/C32H46N4O7/c1-21(34(5)30(40)43-32(2,3)4)28(38)33-26(23-14-10-7-11-15-23)29(39)35-17-16-25-27(35)24(19-37)18-36(25)31(41)42-20-22-12-8-6-9-13-22/h6,8-9,12-13,19,21,23-27H,7,10-11,14-18,20H2,1-5H3,(H,33,38)/t21-,24+,25+,26?,27+/m0/s1. The Morgan fingerprint density at radius 1 is 1.05 bits per heavy atom. The van der Waals surface area contributed by atoms with Gasteiger partial charge >= 0.3 is 12.2 Å². The Kier molecular flexibility index (Phi) is 10.3. The fourth-order valence-electron chi connectivity index (χ4n) is 6.49. The number of amides is 4. The normalized spacial score (nSPS) is 23.6. The lowest BCUT2D eigenvalue weighted by atomic mass is 9.83. The highest BCUT2D eigenvalue weighted by Gasteiger charge is 2.53. The molecular formula is C32H46N4O7. The zero-order valence-electron chi connectivity index (χ0n) is 26.0. The van der Waals surface area contributed by atoms with Crippen molar-refractivity contribution in [3.05, 3.63) is 35.9 Å². The quantitative estimate of drug-likeness (QED) is 0.452. The average molecular weight is 599 g/mol. The van der Waals surface area contributed by atoms with Gasteiger partial charge in [-0.05, 0) is 58.4 Å². The first-order chi connectivity index (χ1) is 20.4. The fraction of sp³-hybridized carbons (Fsp3) is 0.656. The van der Waals surface area contributed by atoms with Crippen LogP contribution in [-0.2, 0) is 30.5 Å². The number of rotatable bonds is 8. The van der Waals surface area contributed by atoms with Crippen LogP contribution in [0.2, 0.25) is 0 Å². The SMILES string of the molecule is C[C@@H](C(=O)NC(C(=O)N1CC[C@@H]2[C@H]1[C@@H](C=O)CN2C(=O)OCc1ccccc1)C1CCCCC1)N(C)C(=O)OC(C)(C)C. The summed E-state index contributed by atoms with van der Waals surface area (Å²) in [6.07, 6.45) is 4.79. The van der Waals surface area contributed by atoms with E-state index in [0.29, 0.717) is 13.0 Å². The summed E-state index contributed by atoms with van der Waals surface area (Å²) in [6.45, 7) is 7.53. The maximum absolute atomic E-state index is 14.2. The molecule has 1 unspecified atom stereocenters. The second-order valence-electron chi connectivity index (χ2n) is 13.0. The molecule has 11 heteroatoms. The van der Waals surface area contributed by atoms with Gasteiger partial charge in [0.15, 0.2) is 0 Å². The third-order valence-corrected chi connectivity index (χ3v) is 8.89. The number of likely N-dealkylation sites (N-methyl/N-ethyl adjacent to an activating group) is 1. The number of carbonyl (C=O) groups is 5. The smallest absolute Gasteiger partial charge is 0.410 e. The molecule has 1 aliphatic carbocycles. The van der Waals surface area contributed by atoms with E-state index in [-0.39, 0.29) is 31.0 Å². The van der Waals surface area contributed by atoms with Gasteiger partial charge in [-0.15, -0.1) is 0 Å². The number of fused-ring (bicyclic) bond motifs is 1. The van der Waals surface area contributed by atoms with Gasteiger partial charge in [0.2, 0.25) is 11.8 Å². The molecule has 2 aliphatic heterocycles. The largest absolute Gasteiger partial charge is 0.445 e. The predicted octanol–water partition coefficient (Wildman–Crippen LogP) is 3.74. The number of aldehydes is 1. The topological polar surface area (TPSA) is 126 Å². The van der Waals surface area contributed by atoms with Crippen molar-refractivity contribution in [2.75, 3.05) is 20.1 Å². The molecule has 5 atom stereocenters. The molecule has 3 fully saturated rings. The Hall–Kier alpha value is -3.63. The summed E-state index contributed by atoms with van der Waals surface area (Å²) < 4.78 is 11.0. The third kappa shape index (κ3) is 7.67. The molecule has 236 valence electrons. The van der Waals surface area contributed by atoms with Crippen LogP contribution in [-0.4, -0.2) is 94.9 Å². The number of nitrogens with one attached hydrogen (secondary N) is 1. The van der Waals surface area contributed by atoms with E-state index in [1.54, 1.807) is 37.5 Å². The lowest BCUT2D eigenvalue weighted by molar-refractivity contribution is -0.141. The van der Waals surface area contributed by atoms with Crippen LogP contribution in [0.4, 0.5) is 9.59 Å². The van der Waals surface area contributed by atoms with Crippen LogP contribution in [0.15, 0.2) is 30.3 Å². The summed E-state index contributed by atoms with van der Waals surface area (Å²) in [6, 6.07) is 6.87. The van der Waals surface area contributed by atoms with Gasteiger partial charge in [-0.25, -0.2) is 9.59 Å². The number of carbonyl (C=O) groups excluding carboxylic acids is 5. The Morgan fingerprint density at radius 3 is 2.35 bits per heavy atom. The van der Waals surface area contributed by atoms with Crippen molar-refractivity contribution in [1.29, 1.82) is 0 Å². The molecule has 1 saturated carbocycles. The van der Waals surface area contributed by atoms with Crippen molar-refractivity contribution in [1.82, 2.24) is 20.0 Å². The van der Waals surface area contributed by atoms with Gasteiger partial charge in [-0.3, -0.25) is 14.5 Å². The minimum atomic E-state index is -0.871. The molecule has 1 aromatic carbocycles. The Labute approximate surface area is 254 Å². The molecular weight excluding hydrogens is 552 g/mol. The summed E-state index contributed by atoms with van der Waals surface area (Å²) in [5.41, 5.74) is 0.145. The molecule has 0 radical (unpaired) electrons. The van der Waals surface area contributed by atoms with E-state index < -0.39 is 47.7 Å². The second kappa shape index (κ2) is 13.8. The van der Waals surface area contributed by atoms with Crippen molar-refractivity contribution in [3.8, 4) is 0 Å². The van der Waals surface area contributed by atoms with Crippen LogP contribution in [0.3, 0.4) is 0 Å². The van der Waals surface area contributed by atoms with Crippen molar-refractivity contribution in [3.63, 3.8) is 0 Å². The van der Waals surface area contributed by atoms with Crippen molar-refractivity contribution in [2.24, 2.45) is 11.8 Å². The molecule has 11 nitrogen and oxygen atoms in total. The van der Waals surface area contributed by atoms with Crippen LogP contribution in [0, 0.1) is 11.8 Å². The van der Waals surface area contributed by atoms with Gasteiger partial charge in [0.25, 0.3) is 0 Å². The molecule has 3 aliphatic rings. The first kappa shape index (κ1) is 32.3. The second-order valence-corrected chi connectivity index (χ2v) is 13.0. The minimum Gasteiger partial charge on any atom is -0.445 e. The summed E-state index contributed by atoms with van der Waals surface area (Å²) in [5.74, 6) is -1.31. The Balaban J connectivity index is 1.47. The van der Waals surface area contributed by atoms with E-state index in [1.165, 1.54) is 11.9 Å². The summed E-state index contributed by atoms with van der Waals surface area (Å²) in [7, 11) is 1.50. The van der Waals surface area contributed by atoms with Crippen molar-refractivity contribution >= 4 is 30.3 Å². The van der Waals surface area contributed by atoms with Crippen LogP contribution in [0.1, 0.15) is 71.8 Å². The van der Waals surface area contributed by atoms with E-state index in [1.807, 2.05) is 30.3 Å². The van der Waals surface area contributed by atoms with Gasteiger partial charge in [0.05, 0.1) is 18.0 Å². The van der Waals surface area contributed by atoms with E-state index in [0.717, 1.165) is 44.0 Å². The highest BCUT2D eigenvalue weighted by atomic mass is 16.6. The average Bonchev–Trinajstić information content (AvgIpc) is 3.58. The zero-order chi connectivity index (χ0) is 31.3. The number of benzene rings is 1. The molecule has 0 aromatic heterocycles. The summed E-state index contributed by atoms with van der Waals surface area (Å²) in [4.78, 5) is 70.1. The Morgan fingerprint density at radius 2 is 1.72 bits per heavy atom. The third-order valence-electron chi connectivity index (χ3n) is 8.89. The van der Waals surface area contributed by atoms with Crippen molar-refractivity contribution < 1.29 is 33.4 Å². The van der Waals surface area contributed by atoms with Crippen LogP contribution in [0.25, 0.3) is 0 Å². The van der Waals surface area contributed by atoms with Gasteiger partial charge < -0.3 is 29.4 Å². The van der Waals surface area contributed by atoms with Crippen LogP contribution < -0.4 is 5.32 Å². The highest BCUT2D eigenvalue weighted by molar-refractivity contribution is 5.92. The zero-order valence-corrected chi connectivity index (χ0v) is 26.0. The summed E-state index contributed by atoms with van der Waals surface area (Å²) >= 11 is 0. The Bertz CT molecular complexity index is 1160. The van der Waals surface area contributed by atoms with Gasteiger partial charge in [-0.2, -0.15) is 0 Å². The van der Waals surface area contributed by atoms with Gasteiger partial charge in [0.1, 0.15) is 30.6 Å². The lowest BCUT2D eigenvalue weighted by Crippen LogP contribution is -2.58. The fourth-order valence-corrected chi connectivity index (χ4v) is 6.49. The number of hydrogen-bond acceptors (Lipinski definition) is 7. The number of ether oxygens (including phenoxy) is 2. The molecule has 2 heterocycles. The first-order valence-electron chi connectivity index (χ1n) is 15.4. The molecule has 4 rings (SSSR count). The van der Waals surface area contributed by atoms with Crippen LogP contribution >= 0.6 is 0 Å². The van der Waals surface area contributed by atoms with E-state index in [9.17, 15) is 24.0 Å². The lowest BCUT2D eigenvalue weighted by Gasteiger charge is -2.36. The highest BCUT2D eigenvalue weighted by Crippen LogP contribution is 2.37. The molecule has 4 amide bonds. The molecule has 1 aromatic rings. The number of likely N-dealkylation sites (tertiary alicyclic amines) is 2. The molecule has 43 heavy (non-hydrogen) atoms. The van der Waals surface area contributed by atoms with Crippen molar-refractivity contribution in [2.45, 2.75) is 103 Å². The first-order valence-corrected chi connectivity index (χ1v) is 15.4. The predicted molar refractivity (Wildman–Crippen MR) is 159 cm³/mol. The molecule has 2 saturated heterocycles. The summed E-state index contributed by atoms with van der Waals surface area (Å²) in [5, 5.41) is 2.97. The van der Waals surface area contributed by atoms with Crippen LogP contribution in [0.5, 0.6) is 0 Å². The maximum atomic E-state index is 14.2. The molecule has 0 spiro atoms. The van der Waals surface area contributed by atoms with Gasteiger partial charge in [-0.1, -0.05) is 49.6 Å². The van der Waals surface area contributed by atoms with E-state index in [2.05, 4.69) is 5.32 Å². The number of nitrogens with zero attached hydrogens (tertiary/aromatic N) is 3. The van der Waals surface area contributed by atoms with Gasteiger partial charge in [0, 0.05) is 20.1 Å². The maximum Gasteiger partial charge on any atom is 0.410 e. The number of hydrogen-bond donors (Lipinski definition) is 1.